The van der Waals surface area contributed by atoms with Crippen molar-refractivity contribution in [2.75, 3.05) is 5.73 Å². The van der Waals surface area contributed by atoms with E-state index in [2.05, 4.69) is 33.9 Å². The standard InChI is InChI=1S/C13H13BrN2S/c1-9-2-5-12(15)13(6-9)17-8-11-4-3-10(14)7-16-11/h2-7H,8,15H2,1H3. The predicted molar refractivity (Wildman–Crippen MR) is 77.1 cm³/mol. The van der Waals surface area contributed by atoms with Crippen LogP contribution < -0.4 is 5.73 Å². The molecular formula is C13H13BrN2S. The van der Waals surface area contributed by atoms with Crippen LogP contribution in [0.4, 0.5) is 5.69 Å². The van der Waals surface area contributed by atoms with E-state index in [1.165, 1.54) is 5.56 Å². The molecule has 0 unspecified atom stereocenters. The maximum Gasteiger partial charge on any atom is 0.0507 e. The number of benzene rings is 1. The van der Waals surface area contributed by atoms with Crippen molar-refractivity contribution in [2.24, 2.45) is 0 Å². The number of aryl methyl sites for hydroxylation is 1. The van der Waals surface area contributed by atoms with E-state index in [1.54, 1.807) is 11.8 Å². The molecule has 1 heterocycles. The quantitative estimate of drug-likeness (QED) is 0.687. The molecule has 0 aliphatic heterocycles. The highest BCUT2D eigenvalue weighted by Crippen LogP contribution is 2.28. The normalized spacial score (nSPS) is 10.5. The van der Waals surface area contributed by atoms with Gasteiger partial charge < -0.3 is 5.73 Å². The minimum Gasteiger partial charge on any atom is -0.398 e. The highest BCUT2D eigenvalue weighted by molar-refractivity contribution is 9.10. The van der Waals surface area contributed by atoms with Gasteiger partial charge in [0.15, 0.2) is 0 Å². The summed E-state index contributed by atoms with van der Waals surface area (Å²) < 4.78 is 1.00. The van der Waals surface area contributed by atoms with E-state index in [0.717, 1.165) is 26.5 Å². The Morgan fingerprint density at radius 3 is 2.82 bits per heavy atom. The summed E-state index contributed by atoms with van der Waals surface area (Å²) in [5.74, 6) is 0.834. The molecule has 0 amide bonds. The smallest absolute Gasteiger partial charge is 0.0507 e. The van der Waals surface area contributed by atoms with Crippen molar-refractivity contribution in [2.45, 2.75) is 17.6 Å². The van der Waals surface area contributed by atoms with Gasteiger partial charge >= 0.3 is 0 Å². The summed E-state index contributed by atoms with van der Waals surface area (Å²) in [5, 5.41) is 0. The largest absolute Gasteiger partial charge is 0.398 e. The number of thioether (sulfide) groups is 1. The van der Waals surface area contributed by atoms with E-state index in [1.807, 2.05) is 30.5 Å². The molecule has 0 atom stereocenters. The Morgan fingerprint density at radius 1 is 1.29 bits per heavy atom. The number of anilines is 1. The summed E-state index contributed by atoms with van der Waals surface area (Å²) in [7, 11) is 0. The monoisotopic (exact) mass is 308 g/mol. The van der Waals surface area contributed by atoms with E-state index in [-0.39, 0.29) is 0 Å². The molecule has 0 bridgehead atoms. The van der Waals surface area contributed by atoms with Gasteiger partial charge in [0.2, 0.25) is 0 Å². The maximum atomic E-state index is 5.93. The van der Waals surface area contributed by atoms with Crippen LogP contribution in [0.15, 0.2) is 45.9 Å². The van der Waals surface area contributed by atoms with Gasteiger partial charge in [0, 0.05) is 27.0 Å². The van der Waals surface area contributed by atoms with Crippen molar-refractivity contribution >= 4 is 33.4 Å². The van der Waals surface area contributed by atoms with Crippen molar-refractivity contribution in [1.29, 1.82) is 0 Å². The van der Waals surface area contributed by atoms with Gasteiger partial charge in [0.25, 0.3) is 0 Å². The Balaban J connectivity index is 2.07. The van der Waals surface area contributed by atoms with Crippen molar-refractivity contribution in [3.63, 3.8) is 0 Å². The van der Waals surface area contributed by atoms with Crippen LogP contribution >= 0.6 is 27.7 Å². The molecule has 0 radical (unpaired) electrons. The van der Waals surface area contributed by atoms with Crippen LogP contribution in [0.25, 0.3) is 0 Å². The topological polar surface area (TPSA) is 38.9 Å². The summed E-state index contributed by atoms with van der Waals surface area (Å²) in [6.45, 7) is 2.07. The molecule has 2 N–H and O–H groups in total. The van der Waals surface area contributed by atoms with Gasteiger partial charge in [0.1, 0.15) is 0 Å². The van der Waals surface area contributed by atoms with Crippen molar-refractivity contribution in [3.05, 3.63) is 52.3 Å². The third-order valence-corrected chi connectivity index (χ3v) is 3.91. The van der Waals surface area contributed by atoms with E-state index < -0.39 is 0 Å². The number of nitrogen functional groups attached to an aromatic ring is 1. The lowest BCUT2D eigenvalue weighted by atomic mass is 10.2. The number of nitrogens with two attached hydrogens (primary N) is 1. The van der Waals surface area contributed by atoms with E-state index in [4.69, 9.17) is 5.73 Å². The molecule has 88 valence electrons. The third kappa shape index (κ3) is 3.48. The molecule has 1 aromatic carbocycles. The Morgan fingerprint density at radius 2 is 2.12 bits per heavy atom. The lowest BCUT2D eigenvalue weighted by Gasteiger charge is -2.06. The van der Waals surface area contributed by atoms with Gasteiger partial charge in [-0.2, -0.15) is 0 Å². The van der Waals surface area contributed by atoms with Crippen molar-refractivity contribution in [1.82, 2.24) is 4.98 Å². The second-order valence-corrected chi connectivity index (χ2v) is 5.73. The van der Waals surface area contributed by atoms with E-state index in [0.29, 0.717) is 0 Å². The number of aromatic nitrogens is 1. The minimum atomic E-state index is 0.831. The first-order valence-electron chi connectivity index (χ1n) is 5.24. The average molecular weight is 309 g/mol. The molecule has 0 saturated heterocycles. The number of hydrogen-bond acceptors (Lipinski definition) is 3. The molecule has 0 aliphatic rings. The zero-order chi connectivity index (χ0) is 12.3. The molecule has 2 nitrogen and oxygen atoms in total. The lowest BCUT2D eigenvalue weighted by molar-refractivity contribution is 1.16. The Kier molecular flexibility index (Phi) is 4.07. The van der Waals surface area contributed by atoms with Gasteiger partial charge in [-0.3, -0.25) is 4.98 Å². The molecule has 2 aromatic rings. The van der Waals surface area contributed by atoms with Gasteiger partial charge in [-0.05, 0) is 52.7 Å². The first kappa shape index (κ1) is 12.5. The highest BCUT2D eigenvalue weighted by atomic mass is 79.9. The number of nitrogens with zero attached hydrogens (tertiary/aromatic N) is 1. The average Bonchev–Trinajstić information content (AvgIpc) is 2.32. The summed E-state index contributed by atoms with van der Waals surface area (Å²) in [4.78, 5) is 5.46. The van der Waals surface area contributed by atoms with Gasteiger partial charge in [0.05, 0.1) is 5.69 Å². The molecule has 1 aromatic heterocycles. The van der Waals surface area contributed by atoms with Crippen LogP contribution in [0.2, 0.25) is 0 Å². The zero-order valence-electron chi connectivity index (χ0n) is 9.48. The van der Waals surface area contributed by atoms with Crippen LogP contribution in [0, 0.1) is 6.92 Å². The van der Waals surface area contributed by atoms with Gasteiger partial charge in [-0.1, -0.05) is 6.07 Å². The van der Waals surface area contributed by atoms with Crippen LogP contribution in [-0.2, 0) is 5.75 Å². The molecule has 0 spiro atoms. The van der Waals surface area contributed by atoms with Crippen LogP contribution in [-0.4, -0.2) is 4.98 Å². The van der Waals surface area contributed by atoms with Gasteiger partial charge in [-0.15, -0.1) is 11.8 Å². The molecule has 0 aliphatic carbocycles. The van der Waals surface area contributed by atoms with Crippen molar-refractivity contribution < 1.29 is 0 Å². The summed E-state index contributed by atoms with van der Waals surface area (Å²) in [5.41, 5.74) is 9.04. The Labute approximate surface area is 114 Å². The lowest BCUT2D eigenvalue weighted by Crippen LogP contribution is -1.91. The number of pyridine rings is 1. The van der Waals surface area contributed by atoms with E-state index in [9.17, 15) is 0 Å². The highest BCUT2D eigenvalue weighted by Gasteiger charge is 2.02. The number of rotatable bonds is 3. The SMILES string of the molecule is Cc1ccc(N)c(SCc2ccc(Br)cn2)c1. The second-order valence-electron chi connectivity index (χ2n) is 3.80. The fraction of sp³-hybridized carbons (Fsp3) is 0.154. The van der Waals surface area contributed by atoms with Crippen LogP contribution in [0.3, 0.4) is 0 Å². The predicted octanol–water partition coefficient (Wildman–Crippen LogP) is 4.03. The molecule has 2 rings (SSSR count). The number of hydrogen-bond donors (Lipinski definition) is 1. The minimum absolute atomic E-state index is 0.831. The summed E-state index contributed by atoms with van der Waals surface area (Å²) in [6.07, 6.45) is 1.81. The van der Waals surface area contributed by atoms with Gasteiger partial charge in [-0.25, -0.2) is 0 Å². The van der Waals surface area contributed by atoms with E-state index >= 15 is 0 Å². The molecule has 0 fully saturated rings. The molecule has 4 heteroatoms. The fourth-order valence-electron chi connectivity index (χ4n) is 1.41. The third-order valence-electron chi connectivity index (χ3n) is 2.33. The number of halogens is 1. The van der Waals surface area contributed by atoms with Crippen LogP contribution in [0.1, 0.15) is 11.3 Å². The second kappa shape index (κ2) is 5.56. The Bertz CT molecular complexity index is 511. The first-order valence-corrected chi connectivity index (χ1v) is 7.02. The molecule has 17 heavy (non-hydrogen) atoms. The summed E-state index contributed by atoms with van der Waals surface area (Å²) >= 11 is 5.09. The van der Waals surface area contributed by atoms with Crippen LogP contribution in [0.5, 0.6) is 0 Å². The van der Waals surface area contributed by atoms with Crippen molar-refractivity contribution in [3.8, 4) is 0 Å². The maximum absolute atomic E-state index is 5.93. The fourth-order valence-corrected chi connectivity index (χ4v) is 2.62. The Hall–Kier alpha value is -1.00. The summed E-state index contributed by atoms with van der Waals surface area (Å²) in [6, 6.07) is 10.1. The first-order chi connectivity index (χ1) is 8.15. The zero-order valence-corrected chi connectivity index (χ0v) is 11.9. The molecule has 0 saturated carbocycles. The molecular weight excluding hydrogens is 296 g/mol.